The van der Waals surface area contributed by atoms with E-state index in [-0.39, 0.29) is 28.2 Å². The number of primary amides is 1. The average molecular weight is 855 g/mol. The van der Waals surface area contributed by atoms with Crippen molar-refractivity contribution in [2.45, 2.75) is 62.0 Å². The molecule has 314 valence electrons. The lowest BCUT2D eigenvalue weighted by Crippen LogP contribution is -2.33. The van der Waals surface area contributed by atoms with E-state index in [9.17, 15) is 49.4 Å². The van der Waals surface area contributed by atoms with E-state index in [1.54, 1.807) is 24.3 Å². The summed E-state index contributed by atoms with van der Waals surface area (Å²) in [5, 5.41) is 55.3. The first-order valence-corrected chi connectivity index (χ1v) is 20.3. The predicted molar refractivity (Wildman–Crippen MR) is 196 cm³/mol. The number of amides is 1. The Morgan fingerprint density at radius 3 is 2.28 bits per heavy atom. The summed E-state index contributed by atoms with van der Waals surface area (Å²) < 4.78 is 72.1. The van der Waals surface area contributed by atoms with Crippen molar-refractivity contribution in [2.75, 3.05) is 27.4 Å². The number of nitro benzene ring substituents is 1. The van der Waals surface area contributed by atoms with Crippen LogP contribution in [0.25, 0.3) is 11.0 Å². The van der Waals surface area contributed by atoms with Gasteiger partial charge in [-0.2, -0.15) is 4.31 Å². The Balaban J connectivity index is 1.23. The van der Waals surface area contributed by atoms with Crippen molar-refractivity contribution in [3.05, 3.63) is 93.8 Å². The van der Waals surface area contributed by atoms with Crippen molar-refractivity contribution in [3.8, 4) is 11.5 Å². The Labute approximate surface area is 328 Å². The Morgan fingerprint density at radius 2 is 1.59 bits per heavy atom. The van der Waals surface area contributed by atoms with Gasteiger partial charge in [-0.15, -0.1) is 0 Å². The number of nitro groups is 1. The molecular formula is C34H40N4O18P2. The number of benzene rings is 3. The van der Waals surface area contributed by atoms with Gasteiger partial charge in [0.15, 0.2) is 17.7 Å². The number of aromatic nitrogens is 2. The van der Waals surface area contributed by atoms with Gasteiger partial charge in [0.05, 0.1) is 67.5 Å². The molecule has 1 aromatic heterocycles. The van der Waals surface area contributed by atoms with Gasteiger partial charge in [0.2, 0.25) is 5.91 Å². The van der Waals surface area contributed by atoms with Crippen LogP contribution in [0.4, 0.5) is 5.69 Å². The minimum absolute atomic E-state index is 0.00196. The number of phosphoric acid groups is 2. The molecule has 2 fully saturated rings. The summed E-state index contributed by atoms with van der Waals surface area (Å²) in [6.07, 6.45) is -12.3. The Morgan fingerprint density at radius 1 is 0.931 bits per heavy atom. The first-order valence-electron chi connectivity index (χ1n) is 17.3. The van der Waals surface area contributed by atoms with Gasteiger partial charge in [-0.1, -0.05) is 24.3 Å². The normalized spacial score (nSPS) is 27.2. The number of aliphatic hydroxyl groups excluding tert-OH is 4. The zero-order chi connectivity index (χ0) is 42.1. The highest BCUT2D eigenvalue weighted by Gasteiger charge is 2.49. The quantitative estimate of drug-likeness (QED) is 0.0505. The predicted octanol–water partition coefficient (Wildman–Crippen LogP) is 2.58. The third-order valence-corrected chi connectivity index (χ3v) is 12.6. The monoisotopic (exact) mass is 854 g/mol. The molecule has 0 spiro atoms. The number of nitrogens with zero attached hydrogens (tertiary/aromatic N) is 3. The number of methoxy groups -OCH3 is 2. The molecule has 2 aliphatic heterocycles. The molecule has 11 atom stereocenters. The summed E-state index contributed by atoms with van der Waals surface area (Å²) in [5.74, 6) is -0.809. The second-order valence-electron chi connectivity index (χ2n) is 13.1. The number of fused-ring (bicyclic) bond motifs is 1. The van der Waals surface area contributed by atoms with Crippen molar-refractivity contribution in [1.82, 2.24) is 9.55 Å². The largest absolute Gasteiger partial charge is 0.493 e. The lowest BCUT2D eigenvalue weighted by molar-refractivity contribution is -0.386. The van der Waals surface area contributed by atoms with Crippen LogP contribution in [0, 0.1) is 10.1 Å². The van der Waals surface area contributed by atoms with E-state index in [1.807, 2.05) is 0 Å². The molecule has 58 heavy (non-hydrogen) atoms. The van der Waals surface area contributed by atoms with E-state index in [1.165, 1.54) is 56.3 Å². The summed E-state index contributed by atoms with van der Waals surface area (Å²) in [6, 6.07) is 14.7. The van der Waals surface area contributed by atoms with Crippen LogP contribution in [0.2, 0.25) is 0 Å². The molecule has 3 unspecified atom stereocenters. The molecule has 4 aromatic rings. The maximum atomic E-state index is 14.4. The summed E-state index contributed by atoms with van der Waals surface area (Å²) in [5.41, 5.74) is 5.87. The molecule has 6 rings (SSSR count). The molecule has 0 saturated carbocycles. The van der Waals surface area contributed by atoms with E-state index in [0.717, 1.165) is 12.1 Å². The van der Waals surface area contributed by atoms with Crippen LogP contribution in [0.15, 0.2) is 67.0 Å². The van der Waals surface area contributed by atoms with Crippen LogP contribution in [-0.4, -0.2) is 110 Å². The second kappa shape index (κ2) is 17.5. The molecular weight excluding hydrogens is 814 g/mol. The SMILES string of the molecule is COc1cc(C(C)OP(=O)(OC[C@H]2O[C@@H](n3cnc4ccccc43)[C@H](O)[C@@H]2O)OP(=O)(O)OC[C@H]2O[C@@H](c3cccc(C(N)=O)c3)[C@H](O)[C@@H]2O)c([N+](=O)[O-])cc1OC. The van der Waals surface area contributed by atoms with Crippen molar-refractivity contribution in [1.29, 1.82) is 0 Å². The zero-order valence-electron chi connectivity index (χ0n) is 30.8. The van der Waals surface area contributed by atoms with Crippen LogP contribution >= 0.6 is 15.6 Å². The summed E-state index contributed by atoms with van der Waals surface area (Å²) in [6.45, 7) is -0.687. The number of carbonyl (C=O) groups is 1. The van der Waals surface area contributed by atoms with Gasteiger partial charge in [0, 0.05) is 5.56 Å². The van der Waals surface area contributed by atoms with Gasteiger partial charge in [0.25, 0.3) is 5.69 Å². The number of rotatable bonds is 17. The Hall–Kier alpha value is -4.38. The number of hydrogen-bond donors (Lipinski definition) is 6. The number of hydrogen-bond acceptors (Lipinski definition) is 18. The fraction of sp³-hybridized carbons (Fsp3) is 0.412. The summed E-state index contributed by atoms with van der Waals surface area (Å²) >= 11 is 0. The third-order valence-electron chi connectivity index (χ3n) is 9.41. The highest BCUT2D eigenvalue weighted by atomic mass is 31.3. The fourth-order valence-corrected chi connectivity index (χ4v) is 9.25. The van der Waals surface area contributed by atoms with Crippen LogP contribution in [0.3, 0.4) is 0 Å². The zero-order valence-corrected chi connectivity index (χ0v) is 32.6. The number of nitrogens with two attached hydrogens (primary N) is 1. The maximum Gasteiger partial charge on any atom is 0.484 e. The molecule has 24 heteroatoms. The Bertz CT molecular complexity index is 2240. The molecule has 3 aromatic carbocycles. The maximum absolute atomic E-state index is 14.4. The fourth-order valence-electron chi connectivity index (χ4n) is 6.48. The second-order valence-corrected chi connectivity index (χ2v) is 16.3. The minimum atomic E-state index is -5.59. The van der Waals surface area contributed by atoms with Gasteiger partial charge in [-0.05, 0) is 42.8 Å². The van der Waals surface area contributed by atoms with E-state index in [2.05, 4.69) is 4.98 Å². The molecule has 7 N–H and O–H groups in total. The third kappa shape index (κ3) is 9.09. The lowest BCUT2D eigenvalue weighted by atomic mass is 10.00. The first kappa shape index (κ1) is 43.2. The van der Waals surface area contributed by atoms with Crippen molar-refractivity contribution < 1.29 is 81.0 Å². The van der Waals surface area contributed by atoms with Crippen LogP contribution < -0.4 is 15.2 Å². The van der Waals surface area contributed by atoms with Gasteiger partial charge < -0.3 is 54.6 Å². The lowest BCUT2D eigenvalue weighted by Gasteiger charge is -2.25. The molecule has 22 nitrogen and oxygen atoms in total. The van der Waals surface area contributed by atoms with Crippen molar-refractivity contribution in [3.63, 3.8) is 0 Å². The molecule has 2 saturated heterocycles. The van der Waals surface area contributed by atoms with Gasteiger partial charge in [-0.25, -0.2) is 14.1 Å². The number of aliphatic hydroxyl groups is 4. The number of para-hydroxylation sites is 2. The van der Waals surface area contributed by atoms with Crippen LogP contribution in [0.5, 0.6) is 11.5 Å². The molecule has 0 bridgehead atoms. The van der Waals surface area contributed by atoms with Crippen molar-refractivity contribution >= 4 is 38.3 Å². The van der Waals surface area contributed by atoms with E-state index < -0.39 is 100 Å². The average Bonchev–Trinajstić information content (AvgIpc) is 3.84. The number of ether oxygens (including phenoxy) is 4. The standard InChI is InChI=1S/C34H40N4O18P2/c1-17(20-12-24(49-2)25(50-3)13-23(20)38(44)45)55-58(48,52-15-27-29(40)31(42)34(54-27)37-16-36-21-9-4-5-10-22(21)37)56-57(46,47)51-14-26-28(39)30(41)32(53-26)18-7-6-8-19(11-18)33(35)43/h4-13,16-17,26-32,34,39-42H,14-15H2,1-3H3,(H2,35,43)(H,46,47)/t17?,26-,27-,28-,29-,30-,31-,32+,34-,58?/m1/s1. The highest BCUT2D eigenvalue weighted by molar-refractivity contribution is 7.61. The van der Waals surface area contributed by atoms with E-state index in [0.29, 0.717) is 11.0 Å². The summed E-state index contributed by atoms with van der Waals surface area (Å²) in [7, 11) is -8.56. The topological polar surface area (TPSA) is 313 Å². The minimum Gasteiger partial charge on any atom is -0.493 e. The molecule has 0 radical (unpaired) electrons. The number of carbonyl (C=O) groups excluding carboxylic acids is 1. The van der Waals surface area contributed by atoms with Crippen LogP contribution in [-0.2, 0) is 36.5 Å². The number of imidazole rings is 1. The van der Waals surface area contributed by atoms with E-state index >= 15 is 0 Å². The highest BCUT2D eigenvalue weighted by Crippen LogP contribution is 2.66. The number of phosphoric ester groups is 2. The molecule has 2 aliphatic rings. The van der Waals surface area contributed by atoms with Gasteiger partial charge in [-0.3, -0.25) is 28.5 Å². The molecule has 1 amide bonds. The smallest absolute Gasteiger partial charge is 0.484 e. The van der Waals surface area contributed by atoms with Crippen molar-refractivity contribution in [2.24, 2.45) is 5.73 Å². The molecule has 3 heterocycles. The van der Waals surface area contributed by atoms with Gasteiger partial charge >= 0.3 is 15.6 Å². The summed E-state index contributed by atoms with van der Waals surface area (Å²) in [4.78, 5) is 38.0. The van der Waals surface area contributed by atoms with Gasteiger partial charge in [0.1, 0.15) is 42.7 Å². The molecule has 0 aliphatic carbocycles. The van der Waals surface area contributed by atoms with Crippen LogP contribution in [0.1, 0.15) is 46.8 Å². The Kier molecular flexibility index (Phi) is 13.0. The first-order chi connectivity index (χ1) is 27.5. The van der Waals surface area contributed by atoms with E-state index in [4.69, 9.17) is 42.6 Å².